The number of anilines is 6. The average molecular weight is 1680 g/mol. The van der Waals surface area contributed by atoms with Gasteiger partial charge in [-0.1, -0.05) is 334 Å². The number of fused-ring (bicyclic) bond motifs is 9. The topological polar surface area (TPSA) is 43.4 Å². The number of nitrogens with zero attached hydrogens (tertiary/aromatic N) is 2. The van der Waals surface area contributed by atoms with Gasteiger partial charge in [-0.3, -0.25) is 0 Å². The predicted molar refractivity (Wildman–Crippen MR) is 533 cm³/mol. The summed E-state index contributed by atoms with van der Waals surface area (Å²) >= 11 is 0. The maximum Gasteiger partial charge on any atom is 0.127 e. The highest BCUT2D eigenvalue weighted by Crippen LogP contribution is 2.59. The van der Waals surface area contributed by atoms with E-state index in [0.29, 0.717) is 31.7 Å². The highest BCUT2D eigenvalue weighted by Gasteiger charge is 2.47. The number of ether oxygens (including phenoxy) is 4. The maximum atomic E-state index is 6.82. The molecule has 17 aromatic carbocycles. The maximum absolute atomic E-state index is 6.82. The fourth-order valence-corrected chi connectivity index (χ4v) is 20.9. The van der Waals surface area contributed by atoms with E-state index in [1.807, 2.05) is 0 Å². The highest BCUT2D eigenvalue weighted by molar-refractivity contribution is 5.93. The summed E-state index contributed by atoms with van der Waals surface area (Å²) in [6.07, 6.45) is 3.22. The van der Waals surface area contributed by atoms with Gasteiger partial charge in [0.25, 0.3) is 0 Å². The first-order valence-corrected chi connectivity index (χ1v) is 46.0. The SMILES string of the molecule is CCC(CC(C)c1ccc(OCC2(CC)COC2)cc1)c1ccc(COCc2ccc(Oc3ccc(C4(c5ccccc5)c5cc(-c6ccc(N(c7ccc(-c8ccccc8)cc7)c7ccc8c(c7)C(C)(C)c7ccccc7-8)cc6)ccc5-c5ccc(-c6ccc(N(c7ccc(-c8ccccc8)cc7)c7ccc8c(c7)C(C)(C)c7ccccc7-8)cc6)cc54)cc3)cc2)cc1. The van der Waals surface area contributed by atoms with Crippen LogP contribution < -0.4 is 19.3 Å². The molecule has 3 aliphatic carbocycles. The number of hydrogen-bond donors (Lipinski definition) is 0. The van der Waals surface area contributed by atoms with Gasteiger partial charge >= 0.3 is 0 Å². The van der Waals surface area contributed by atoms with Gasteiger partial charge in [0.2, 0.25) is 0 Å². The van der Waals surface area contributed by atoms with Crippen molar-refractivity contribution in [3.05, 3.63) is 473 Å². The molecule has 0 bridgehead atoms. The molecule has 2 unspecified atom stereocenters. The van der Waals surface area contributed by atoms with Crippen LogP contribution in [0.3, 0.4) is 0 Å². The van der Waals surface area contributed by atoms with E-state index in [2.05, 4.69) is 465 Å². The van der Waals surface area contributed by atoms with Crippen LogP contribution >= 0.6 is 0 Å². The van der Waals surface area contributed by atoms with Crippen molar-refractivity contribution in [3.63, 3.8) is 0 Å². The van der Waals surface area contributed by atoms with Gasteiger partial charge in [-0.15, -0.1) is 0 Å². The third-order valence-electron chi connectivity index (χ3n) is 28.5. The van der Waals surface area contributed by atoms with Crippen molar-refractivity contribution in [1.29, 1.82) is 0 Å². The summed E-state index contributed by atoms with van der Waals surface area (Å²) in [5.41, 5.74) is 37.5. The monoisotopic (exact) mass is 1670 g/mol. The van der Waals surface area contributed by atoms with Crippen molar-refractivity contribution in [1.82, 2.24) is 0 Å². The zero-order valence-electron chi connectivity index (χ0n) is 74.5. The van der Waals surface area contributed by atoms with Gasteiger partial charge in [-0.25, -0.2) is 0 Å². The zero-order valence-corrected chi connectivity index (χ0v) is 74.5. The normalized spacial score (nSPS) is 14.6. The van der Waals surface area contributed by atoms with Crippen LogP contribution in [0.4, 0.5) is 34.1 Å². The summed E-state index contributed by atoms with van der Waals surface area (Å²) in [6.45, 7) is 19.6. The van der Waals surface area contributed by atoms with Gasteiger partial charge in [0.15, 0.2) is 0 Å². The van der Waals surface area contributed by atoms with E-state index in [-0.39, 0.29) is 16.2 Å². The van der Waals surface area contributed by atoms with Gasteiger partial charge in [0.05, 0.1) is 43.9 Å². The van der Waals surface area contributed by atoms with Gasteiger partial charge in [0.1, 0.15) is 17.2 Å². The average Bonchev–Trinajstić information content (AvgIpc) is 1.54. The summed E-state index contributed by atoms with van der Waals surface area (Å²) in [6, 6.07) is 151. The molecule has 0 radical (unpaired) electrons. The van der Waals surface area contributed by atoms with Crippen LogP contribution in [0.2, 0.25) is 0 Å². The second kappa shape index (κ2) is 34.2. The molecule has 6 nitrogen and oxygen atoms in total. The van der Waals surface area contributed by atoms with E-state index in [1.54, 1.807) is 0 Å². The van der Waals surface area contributed by atoms with E-state index >= 15 is 0 Å². The Morgan fingerprint density at radius 1 is 0.310 bits per heavy atom. The Labute approximate surface area is 760 Å². The fourth-order valence-electron chi connectivity index (χ4n) is 20.9. The first kappa shape index (κ1) is 81.9. The highest BCUT2D eigenvalue weighted by atomic mass is 16.5. The molecule has 2 atom stereocenters. The van der Waals surface area contributed by atoms with E-state index in [9.17, 15) is 0 Å². The molecule has 0 N–H and O–H groups in total. The molecule has 0 amide bonds. The Balaban J connectivity index is 0.591. The second-order valence-electron chi connectivity index (χ2n) is 37.0. The van der Waals surface area contributed by atoms with Gasteiger partial charge < -0.3 is 28.7 Å². The minimum absolute atomic E-state index is 0.159. The van der Waals surface area contributed by atoms with Crippen LogP contribution in [0.25, 0.3) is 77.9 Å². The van der Waals surface area contributed by atoms with Crippen LogP contribution in [0.15, 0.2) is 406 Å². The van der Waals surface area contributed by atoms with Crippen molar-refractivity contribution in [2.24, 2.45) is 5.41 Å². The molecule has 1 heterocycles. The molecular weight excluding hydrogens is 1570 g/mol. The van der Waals surface area contributed by atoms with Crippen molar-refractivity contribution in [3.8, 4) is 95.1 Å². The fraction of sp³-hybridized carbons (Fsp3) is 0.171. The summed E-state index contributed by atoms with van der Waals surface area (Å²) in [4.78, 5) is 4.85. The lowest BCUT2D eigenvalue weighted by molar-refractivity contribution is -0.133. The van der Waals surface area contributed by atoms with E-state index in [0.717, 1.165) is 123 Å². The van der Waals surface area contributed by atoms with E-state index < -0.39 is 5.41 Å². The Morgan fingerprint density at radius 2 is 0.659 bits per heavy atom. The van der Waals surface area contributed by atoms with Crippen LogP contribution in [0.5, 0.6) is 17.2 Å². The van der Waals surface area contributed by atoms with E-state index in [4.69, 9.17) is 18.9 Å². The Bertz CT molecular complexity index is 6610. The van der Waals surface area contributed by atoms with Crippen molar-refractivity contribution in [2.45, 2.75) is 109 Å². The Kier molecular flexibility index (Phi) is 21.7. The summed E-state index contributed by atoms with van der Waals surface area (Å²) < 4.78 is 25.0. The third-order valence-corrected chi connectivity index (χ3v) is 28.5. The molecular formula is C123H106N2O4. The van der Waals surface area contributed by atoms with E-state index in [1.165, 1.54) is 106 Å². The number of benzene rings is 17. The molecule has 1 saturated heterocycles. The lowest BCUT2D eigenvalue weighted by Gasteiger charge is -2.40. The molecule has 0 aromatic heterocycles. The van der Waals surface area contributed by atoms with Crippen molar-refractivity contribution >= 4 is 34.1 Å². The lowest BCUT2D eigenvalue weighted by Crippen LogP contribution is -2.46. The summed E-state index contributed by atoms with van der Waals surface area (Å²) in [5.74, 6) is 3.30. The summed E-state index contributed by atoms with van der Waals surface area (Å²) in [7, 11) is 0. The largest absolute Gasteiger partial charge is 0.493 e. The molecule has 0 saturated carbocycles. The van der Waals surface area contributed by atoms with Crippen LogP contribution in [0, 0.1) is 5.41 Å². The third kappa shape index (κ3) is 15.3. The lowest BCUT2D eigenvalue weighted by atomic mass is 9.67. The first-order chi connectivity index (χ1) is 63.2. The predicted octanol–water partition coefficient (Wildman–Crippen LogP) is 32.3. The quantitative estimate of drug-likeness (QED) is 0.0511. The van der Waals surface area contributed by atoms with Crippen molar-refractivity contribution in [2.75, 3.05) is 29.6 Å². The van der Waals surface area contributed by atoms with Crippen LogP contribution in [0.1, 0.15) is 146 Å². The molecule has 1 aliphatic heterocycles. The molecule has 632 valence electrons. The minimum atomic E-state index is -0.779. The van der Waals surface area contributed by atoms with Gasteiger partial charge in [-0.05, 0) is 297 Å². The molecule has 129 heavy (non-hydrogen) atoms. The minimum Gasteiger partial charge on any atom is -0.493 e. The number of rotatable bonds is 27. The molecule has 0 spiro atoms. The number of hydrogen-bond acceptors (Lipinski definition) is 6. The van der Waals surface area contributed by atoms with Crippen LogP contribution in [-0.4, -0.2) is 19.8 Å². The molecule has 21 rings (SSSR count). The Hall–Kier alpha value is -14.1. The summed E-state index contributed by atoms with van der Waals surface area (Å²) in [5, 5.41) is 0. The molecule has 6 heteroatoms. The second-order valence-corrected chi connectivity index (χ2v) is 37.0. The van der Waals surface area contributed by atoms with Gasteiger partial charge in [0, 0.05) is 45.0 Å². The molecule has 1 fully saturated rings. The first-order valence-electron chi connectivity index (χ1n) is 46.0. The van der Waals surface area contributed by atoms with Gasteiger partial charge in [-0.2, -0.15) is 0 Å². The molecule has 17 aromatic rings. The smallest absolute Gasteiger partial charge is 0.127 e. The van der Waals surface area contributed by atoms with Crippen molar-refractivity contribution < 1.29 is 18.9 Å². The Morgan fingerprint density at radius 3 is 1.09 bits per heavy atom. The standard InChI is InChI=1S/C123H106N2O4/c1-8-86(73-83(3)87-47-65-105(66-48-87)128-82-122(9-2)80-127-81-122)90-37-33-84(34-38-90)78-126-79-85-35-63-106(64-36-85)129-107-67-51-98(52-68-107)123(97-27-17-12-18-28-97)118-74-95(93-43-57-101(58-44-93)124(99-53-39-91(40-54-99)88-23-13-10-14-24-88)103-61-71-110-108-29-19-21-31-114(108)120(4,5)116(110)76-103)49-69-112(118)113-70-50-96(75-119(113)123)94-45-59-102(60-46-94)125(100-55-41-92(42-56-100)89-25-15-11-16-26-89)104-62-72-111-109-30-20-22-32-115(109)121(6,7)117(111)77-104/h10-72,74-77,83,86H,8-9,73,78-82H2,1-7H3. The molecule has 4 aliphatic rings. The van der Waals surface area contributed by atoms with Crippen LogP contribution in [-0.2, 0) is 38.9 Å². The zero-order chi connectivity index (χ0) is 87.4.